The monoisotopic (exact) mass is 243 g/mol. The molecule has 0 aromatic heterocycles. The lowest BCUT2D eigenvalue weighted by atomic mass is 10.0. The maximum absolute atomic E-state index is 11.1. The Morgan fingerprint density at radius 1 is 1.33 bits per heavy atom. The third kappa shape index (κ3) is 2.47. The number of hydrogen-bond donors (Lipinski definition) is 5. The highest BCUT2D eigenvalue weighted by Crippen LogP contribution is 2.30. The molecule has 0 spiro atoms. The molecule has 0 bridgehead atoms. The summed E-state index contributed by atoms with van der Waals surface area (Å²) in [6, 6.07) is 0. The SMILES string of the molecule is CCCC(NC)(C(O)(O)CO)S(=O)(=O)O. The van der Waals surface area contributed by atoms with Gasteiger partial charge in [-0.2, -0.15) is 8.42 Å². The normalized spacial score (nSPS) is 17.5. The molecule has 0 heterocycles. The zero-order chi connectivity index (χ0) is 12.3. The highest BCUT2D eigenvalue weighted by Gasteiger charge is 2.57. The van der Waals surface area contributed by atoms with Gasteiger partial charge in [0.2, 0.25) is 10.7 Å². The number of aliphatic hydroxyl groups excluding tert-OH is 1. The average Bonchev–Trinajstić information content (AvgIpc) is 2.11. The van der Waals surface area contributed by atoms with E-state index in [0.29, 0.717) is 0 Å². The minimum Gasteiger partial charge on any atom is -0.391 e. The predicted octanol–water partition coefficient (Wildman–Crippen LogP) is -1.74. The van der Waals surface area contributed by atoms with E-state index < -0.39 is 27.4 Å². The summed E-state index contributed by atoms with van der Waals surface area (Å²) in [6.45, 7) is 0.387. The van der Waals surface area contributed by atoms with Gasteiger partial charge in [-0.25, -0.2) is 0 Å². The third-order valence-electron chi connectivity index (χ3n) is 2.31. The van der Waals surface area contributed by atoms with Crippen molar-refractivity contribution < 1.29 is 28.3 Å². The molecule has 5 N–H and O–H groups in total. The molecular formula is C7H17NO6S. The molecule has 0 aromatic rings. The topological polar surface area (TPSA) is 127 Å². The molecule has 0 amide bonds. The summed E-state index contributed by atoms with van der Waals surface area (Å²) in [5, 5.41) is 29.7. The van der Waals surface area contributed by atoms with Gasteiger partial charge in [-0.1, -0.05) is 13.3 Å². The van der Waals surface area contributed by atoms with E-state index in [1.54, 1.807) is 6.92 Å². The van der Waals surface area contributed by atoms with E-state index >= 15 is 0 Å². The van der Waals surface area contributed by atoms with Crippen molar-refractivity contribution in [3.63, 3.8) is 0 Å². The van der Waals surface area contributed by atoms with Gasteiger partial charge in [0.15, 0.2) is 0 Å². The van der Waals surface area contributed by atoms with E-state index in [0.717, 1.165) is 7.05 Å². The Morgan fingerprint density at radius 3 is 2.00 bits per heavy atom. The fourth-order valence-electron chi connectivity index (χ4n) is 1.47. The molecule has 0 aromatic carbocycles. The van der Waals surface area contributed by atoms with Crippen LogP contribution < -0.4 is 5.32 Å². The van der Waals surface area contributed by atoms with Crippen LogP contribution >= 0.6 is 0 Å². The lowest BCUT2D eigenvalue weighted by Crippen LogP contribution is -2.68. The van der Waals surface area contributed by atoms with Gasteiger partial charge in [-0.05, 0) is 13.5 Å². The third-order valence-corrected chi connectivity index (χ3v) is 3.93. The molecule has 8 heteroatoms. The van der Waals surface area contributed by atoms with Crippen LogP contribution in [0.25, 0.3) is 0 Å². The van der Waals surface area contributed by atoms with E-state index in [1.165, 1.54) is 0 Å². The van der Waals surface area contributed by atoms with Crippen LogP contribution in [0.4, 0.5) is 0 Å². The Labute approximate surface area is 88.5 Å². The van der Waals surface area contributed by atoms with E-state index in [4.69, 9.17) is 9.66 Å². The van der Waals surface area contributed by atoms with Crippen molar-refractivity contribution in [3.05, 3.63) is 0 Å². The number of rotatable bonds is 6. The zero-order valence-electron chi connectivity index (χ0n) is 8.63. The lowest BCUT2D eigenvalue weighted by molar-refractivity contribution is -0.219. The van der Waals surface area contributed by atoms with Gasteiger partial charge in [0.25, 0.3) is 10.1 Å². The van der Waals surface area contributed by atoms with Crippen molar-refractivity contribution >= 4 is 10.1 Å². The van der Waals surface area contributed by atoms with Crippen LogP contribution in [0.2, 0.25) is 0 Å². The maximum atomic E-state index is 11.1. The predicted molar refractivity (Wildman–Crippen MR) is 52.5 cm³/mol. The highest BCUT2D eigenvalue weighted by atomic mass is 32.2. The molecule has 1 unspecified atom stereocenters. The van der Waals surface area contributed by atoms with Crippen LogP contribution in [-0.4, -0.2) is 52.6 Å². The summed E-state index contributed by atoms with van der Waals surface area (Å²) >= 11 is 0. The summed E-state index contributed by atoms with van der Waals surface area (Å²) in [6.07, 6.45) is 0.0133. The van der Waals surface area contributed by atoms with Crippen LogP contribution in [0.1, 0.15) is 19.8 Å². The second kappa shape index (κ2) is 4.73. The molecule has 0 rings (SSSR count). The van der Waals surface area contributed by atoms with Crippen LogP contribution in [0.15, 0.2) is 0 Å². The van der Waals surface area contributed by atoms with Crippen LogP contribution in [0, 0.1) is 0 Å². The van der Waals surface area contributed by atoms with Gasteiger partial charge in [0, 0.05) is 0 Å². The van der Waals surface area contributed by atoms with Gasteiger partial charge in [-0.3, -0.25) is 9.87 Å². The highest BCUT2D eigenvalue weighted by molar-refractivity contribution is 7.87. The first-order valence-electron chi connectivity index (χ1n) is 4.40. The van der Waals surface area contributed by atoms with E-state index in [2.05, 4.69) is 5.32 Å². The average molecular weight is 243 g/mol. The molecule has 0 fully saturated rings. The fourth-order valence-corrected chi connectivity index (χ4v) is 2.67. The molecule has 92 valence electrons. The van der Waals surface area contributed by atoms with Gasteiger partial charge < -0.3 is 15.3 Å². The fraction of sp³-hybridized carbons (Fsp3) is 1.00. The van der Waals surface area contributed by atoms with E-state index in [-0.39, 0.29) is 12.8 Å². The molecule has 7 nitrogen and oxygen atoms in total. The number of likely N-dealkylation sites (N-methyl/N-ethyl adjacent to an activating group) is 1. The Kier molecular flexibility index (Phi) is 4.65. The van der Waals surface area contributed by atoms with Crippen molar-refractivity contribution in [2.24, 2.45) is 0 Å². The summed E-state index contributed by atoms with van der Waals surface area (Å²) in [4.78, 5) is -2.39. The maximum Gasteiger partial charge on any atom is 0.289 e. The first-order valence-corrected chi connectivity index (χ1v) is 5.84. The summed E-state index contributed by atoms with van der Waals surface area (Å²) in [5.41, 5.74) is 0. The van der Waals surface area contributed by atoms with Gasteiger partial charge in [0.1, 0.15) is 0 Å². The molecule has 0 radical (unpaired) electrons. The van der Waals surface area contributed by atoms with Crippen molar-refractivity contribution in [2.45, 2.75) is 30.4 Å². The Morgan fingerprint density at radius 2 is 1.80 bits per heavy atom. The van der Waals surface area contributed by atoms with Crippen LogP contribution in [-0.2, 0) is 10.1 Å². The second-order valence-corrected chi connectivity index (χ2v) is 4.92. The first kappa shape index (κ1) is 14.8. The number of hydrogen-bond acceptors (Lipinski definition) is 6. The molecule has 0 aliphatic rings. The summed E-state index contributed by atoms with van der Waals surface area (Å²) in [7, 11) is -3.63. The molecule has 0 aliphatic carbocycles. The summed E-state index contributed by atoms with van der Waals surface area (Å²) < 4.78 is 31.3. The molecule has 15 heavy (non-hydrogen) atoms. The molecule has 0 saturated carbocycles. The second-order valence-electron chi connectivity index (χ2n) is 3.28. The van der Waals surface area contributed by atoms with Crippen molar-refractivity contribution in [3.8, 4) is 0 Å². The minimum atomic E-state index is -4.78. The number of aliphatic hydroxyl groups is 3. The Hall–Kier alpha value is -0.250. The van der Waals surface area contributed by atoms with Crippen molar-refractivity contribution in [2.75, 3.05) is 13.7 Å². The lowest BCUT2D eigenvalue weighted by Gasteiger charge is -2.39. The van der Waals surface area contributed by atoms with Gasteiger partial charge in [0.05, 0.1) is 6.61 Å². The Bertz CT molecular complexity index is 301. The van der Waals surface area contributed by atoms with Crippen molar-refractivity contribution in [1.29, 1.82) is 0 Å². The smallest absolute Gasteiger partial charge is 0.289 e. The molecule has 1 atom stereocenters. The minimum absolute atomic E-state index is 0.254. The first-order chi connectivity index (χ1) is 6.68. The molecular weight excluding hydrogens is 226 g/mol. The van der Waals surface area contributed by atoms with Crippen LogP contribution in [0.5, 0.6) is 0 Å². The van der Waals surface area contributed by atoms with Gasteiger partial charge >= 0.3 is 0 Å². The van der Waals surface area contributed by atoms with Crippen molar-refractivity contribution in [1.82, 2.24) is 5.32 Å². The number of nitrogens with one attached hydrogen (secondary N) is 1. The molecule has 0 aliphatic heterocycles. The van der Waals surface area contributed by atoms with E-state index in [9.17, 15) is 18.6 Å². The van der Waals surface area contributed by atoms with E-state index in [1.807, 2.05) is 0 Å². The largest absolute Gasteiger partial charge is 0.391 e. The quantitative estimate of drug-likeness (QED) is 0.277. The standard InChI is InChI=1S/C7H17NO6S/c1-3-4-6(8-2,15(12,13)14)7(10,11)5-9/h8-11H,3-5H2,1-2H3,(H,12,13,14). The van der Waals surface area contributed by atoms with Gasteiger partial charge in [-0.15, -0.1) is 0 Å². The van der Waals surface area contributed by atoms with Crippen LogP contribution in [0.3, 0.4) is 0 Å². The Balaban J connectivity index is 5.56. The zero-order valence-corrected chi connectivity index (χ0v) is 9.45. The summed E-state index contributed by atoms with van der Waals surface area (Å²) in [5.74, 6) is -2.95. The molecule has 0 saturated heterocycles.